The van der Waals surface area contributed by atoms with Crippen LogP contribution in [0.25, 0.3) is 10.2 Å². The van der Waals surface area contributed by atoms with Crippen molar-refractivity contribution in [2.75, 3.05) is 44.2 Å². The van der Waals surface area contributed by atoms with Crippen LogP contribution in [0.3, 0.4) is 0 Å². The minimum atomic E-state index is -3.61. The lowest BCUT2D eigenvalue weighted by atomic mass is 10.0. The standard InChI is InChI=1S/C26H33FN4O3S2/c1-4-29(5-2)16-17-31(26-28-24-22(27)9-6-10-23(24)35-26)25(32)20-11-13-21(14-12-20)36(33,34)30-15-7-8-19(3)18-30/h6,9-14,19H,4-5,7-8,15-18H2,1-3H3. The topological polar surface area (TPSA) is 73.8 Å². The Morgan fingerprint density at radius 1 is 1.14 bits per heavy atom. The lowest BCUT2D eigenvalue weighted by Crippen LogP contribution is -2.39. The molecule has 2 heterocycles. The summed E-state index contributed by atoms with van der Waals surface area (Å²) in [6, 6.07) is 10.9. The Hall–Kier alpha value is -2.40. The molecule has 36 heavy (non-hydrogen) atoms. The second-order valence-electron chi connectivity index (χ2n) is 9.20. The van der Waals surface area contributed by atoms with Gasteiger partial charge in [0.25, 0.3) is 5.91 Å². The molecule has 0 saturated carbocycles. The Morgan fingerprint density at radius 2 is 1.86 bits per heavy atom. The average Bonchev–Trinajstić information content (AvgIpc) is 3.32. The first-order chi connectivity index (χ1) is 17.2. The zero-order valence-corrected chi connectivity index (χ0v) is 22.6. The number of likely N-dealkylation sites (N-methyl/N-ethyl adjacent to an activating group) is 1. The van der Waals surface area contributed by atoms with Gasteiger partial charge in [0.05, 0.1) is 9.60 Å². The molecule has 1 fully saturated rings. The fourth-order valence-corrected chi connectivity index (χ4v) is 7.13. The van der Waals surface area contributed by atoms with Crippen LogP contribution in [0.2, 0.25) is 0 Å². The second-order valence-corrected chi connectivity index (χ2v) is 12.1. The maximum Gasteiger partial charge on any atom is 0.260 e. The van der Waals surface area contributed by atoms with Gasteiger partial charge in [0.1, 0.15) is 11.3 Å². The van der Waals surface area contributed by atoms with E-state index in [0.29, 0.717) is 47.5 Å². The van der Waals surface area contributed by atoms with E-state index in [1.807, 2.05) is 0 Å². The summed E-state index contributed by atoms with van der Waals surface area (Å²) >= 11 is 1.27. The minimum Gasteiger partial charge on any atom is -0.302 e. The van der Waals surface area contributed by atoms with E-state index in [2.05, 4.69) is 30.7 Å². The zero-order valence-electron chi connectivity index (χ0n) is 21.0. The molecule has 1 saturated heterocycles. The van der Waals surface area contributed by atoms with E-state index < -0.39 is 15.8 Å². The molecule has 1 atom stereocenters. The molecule has 0 spiro atoms. The van der Waals surface area contributed by atoms with Crippen LogP contribution in [0.15, 0.2) is 47.4 Å². The normalized spacial score (nSPS) is 17.1. The van der Waals surface area contributed by atoms with Gasteiger partial charge < -0.3 is 4.90 Å². The Labute approximate surface area is 216 Å². The van der Waals surface area contributed by atoms with Gasteiger partial charge in [0, 0.05) is 31.7 Å². The highest BCUT2D eigenvalue weighted by Gasteiger charge is 2.29. The summed E-state index contributed by atoms with van der Waals surface area (Å²) in [6.07, 6.45) is 1.87. The van der Waals surface area contributed by atoms with Gasteiger partial charge >= 0.3 is 0 Å². The first-order valence-corrected chi connectivity index (χ1v) is 14.7. The van der Waals surface area contributed by atoms with E-state index in [9.17, 15) is 17.6 Å². The number of carbonyl (C=O) groups is 1. The minimum absolute atomic E-state index is 0.185. The molecule has 7 nitrogen and oxygen atoms in total. The third kappa shape index (κ3) is 5.61. The Kier molecular flexibility index (Phi) is 8.39. The summed E-state index contributed by atoms with van der Waals surface area (Å²) in [7, 11) is -3.61. The smallest absolute Gasteiger partial charge is 0.260 e. The molecule has 2 aromatic carbocycles. The number of fused-ring (bicyclic) bond motifs is 1. The van der Waals surface area contributed by atoms with Gasteiger partial charge in [-0.2, -0.15) is 4.31 Å². The number of rotatable bonds is 9. The molecular weight excluding hydrogens is 499 g/mol. The first kappa shape index (κ1) is 26.7. The van der Waals surface area contributed by atoms with E-state index in [0.717, 1.165) is 25.9 Å². The number of aromatic nitrogens is 1. The lowest BCUT2D eigenvalue weighted by Gasteiger charge is -2.30. The number of para-hydroxylation sites is 1. The zero-order chi connectivity index (χ0) is 25.9. The van der Waals surface area contributed by atoms with Crippen LogP contribution in [0.1, 0.15) is 44.0 Å². The molecule has 1 aliphatic heterocycles. The van der Waals surface area contributed by atoms with Crippen molar-refractivity contribution in [2.45, 2.75) is 38.5 Å². The van der Waals surface area contributed by atoms with Gasteiger partial charge in [0.2, 0.25) is 10.0 Å². The van der Waals surface area contributed by atoms with Crippen LogP contribution >= 0.6 is 11.3 Å². The molecule has 194 valence electrons. The number of sulfonamides is 1. The number of hydrogen-bond donors (Lipinski definition) is 0. The molecule has 4 rings (SSSR count). The van der Waals surface area contributed by atoms with Gasteiger partial charge in [-0.15, -0.1) is 0 Å². The Balaban J connectivity index is 1.62. The number of halogens is 1. The molecule has 0 bridgehead atoms. The lowest BCUT2D eigenvalue weighted by molar-refractivity contribution is 0.0983. The molecule has 3 aromatic rings. The molecule has 0 radical (unpaired) electrons. The third-order valence-corrected chi connectivity index (χ3v) is 9.65. The predicted octanol–water partition coefficient (Wildman–Crippen LogP) is 4.84. The number of nitrogens with zero attached hydrogens (tertiary/aromatic N) is 4. The largest absolute Gasteiger partial charge is 0.302 e. The molecule has 1 amide bonds. The number of anilines is 1. The third-order valence-electron chi connectivity index (χ3n) is 6.73. The average molecular weight is 533 g/mol. The van der Waals surface area contributed by atoms with Gasteiger partial charge in [-0.05, 0) is 68.2 Å². The molecule has 0 aliphatic carbocycles. The number of benzene rings is 2. The summed E-state index contributed by atoms with van der Waals surface area (Å²) in [5, 5.41) is 0.422. The van der Waals surface area contributed by atoms with Gasteiger partial charge in [0.15, 0.2) is 5.13 Å². The van der Waals surface area contributed by atoms with Crippen molar-refractivity contribution < 1.29 is 17.6 Å². The second kappa shape index (κ2) is 11.3. The molecule has 0 N–H and O–H groups in total. The SMILES string of the molecule is CCN(CC)CCN(C(=O)c1ccc(S(=O)(=O)N2CCCC(C)C2)cc1)c1nc2c(F)cccc2s1. The summed E-state index contributed by atoms with van der Waals surface area (Å²) in [5.74, 6) is -0.391. The van der Waals surface area contributed by atoms with Gasteiger partial charge in [-0.1, -0.05) is 38.2 Å². The highest BCUT2D eigenvalue weighted by atomic mass is 32.2. The number of thiazole rings is 1. The van der Waals surface area contributed by atoms with Crippen molar-refractivity contribution >= 4 is 42.6 Å². The van der Waals surface area contributed by atoms with Crippen LogP contribution in [-0.4, -0.2) is 67.8 Å². The monoisotopic (exact) mass is 532 g/mol. The van der Waals surface area contributed by atoms with Crippen molar-refractivity contribution in [3.8, 4) is 0 Å². The predicted molar refractivity (Wildman–Crippen MR) is 143 cm³/mol. The van der Waals surface area contributed by atoms with Crippen LogP contribution < -0.4 is 4.90 Å². The molecule has 1 aromatic heterocycles. The molecule has 1 aliphatic rings. The fraction of sp³-hybridized carbons (Fsp3) is 0.462. The summed E-state index contributed by atoms with van der Waals surface area (Å²) in [6.45, 7) is 9.91. The fourth-order valence-electron chi connectivity index (χ4n) is 4.52. The van der Waals surface area contributed by atoms with Crippen molar-refractivity contribution in [1.29, 1.82) is 0 Å². The van der Waals surface area contributed by atoms with E-state index in [1.165, 1.54) is 33.8 Å². The summed E-state index contributed by atoms with van der Waals surface area (Å²) < 4.78 is 42.8. The maximum absolute atomic E-state index is 14.3. The van der Waals surface area contributed by atoms with Crippen LogP contribution in [0, 0.1) is 11.7 Å². The van der Waals surface area contributed by atoms with Crippen LogP contribution in [0.4, 0.5) is 9.52 Å². The van der Waals surface area contributed by atoms with Gasteiger partial charge in [-0.3, -0.25) is 9.69 Å². The molecule has 1 unspecified atom stereocenters. The number of amides is 1. The highest BCUT2D eigenvalue weighted by molar-refractivity contribution is 7.89. The summed E-state index contributed by atoms with van der Waals surface area (Å²) in [5.41, 5.74) is 0.607. The van der Waals surface area contributed by atoms with Crippen LogP contribution in [0.5, 0.6) is 0 Å². The van der Waals surface area contributed by atoms with Crippen molar-refractivity contribution in [2.24, 2.45) is 5.92 Å². The summed E-state index contributed by atoms with van der Waals surface area (Å²) in [4.78, 5) is 22.0. The Bertz CT molecular complexity index is 1310. The molecular formula is C26H33FN4O3S2. The first-order valence-electron chi connectivity index (χ1n) is 12.4. The van der Waals surface area contributed by atoms with E-state index >= 15 is 0 Å². The number of carbonyl (C=O) groups excluding carboxylic acids is 1. The molecule has 10 heteroatoms. The van der Waals surface area contributed by atoms with Crippen molar-refractivity contribution in [3.05, 3.63) is 53.8 Å². The highest BCUT2D eigenvalue weighted by Crippen LogP contribution is 2.31. The number of hydrogen-bond acceptors (Lipinski definition) is 6. The maximum atomic E-state index is 14.3. The quantitative estimate of drug-likeness (QED) is 0.394. The Morgan fingerprint density at radius 3 is 2.50 bits per heavy atom. The van der Waals surface area contributed by atoms with Crippen LogP contribution in [-0.2, 0) is 10.0 Å². The van der Waals surface area contributed by atoms with Crippen molar-refractivity contribution in [3.63, 3.8) is 0 Å². The van der Waals surface area contributed by atoms with Crippen molar-refractivity contribution in [1.82, 2.24) is 14.2 Å². The van der Waals surface area contributed by atoms with E-state index in [4.69, 9.17) is 0 Å². The van der Waals surface area contributed by atoms with E-state index in [1.54, 1.807) is 29.2 Å². The number of piperidine rings is 1. The van der Waals surface area contributed by atoms with Gasteiger partial charge in [-0.25, -0.2) is 17.8 Å². The van der Waals surface area contributed by atoms with E-state index in [-0.39, 0.29) is 16.3 Å².